The van der Waals surface area contributed by atoms with E-state index in [1.807, 2.05) is 61.7 Å². The predicted octanol–water partition coefficient (Wildman–Crippen LogP) is 5.14. The SMILES string of the molecule is CSc1cccc(NC(=O)N2CCC[C@@H]2c2nc(-c3cccc(C)c3)no2)c1. The number of amides is 2. The normalized spacial score (nSPS) is 16.4. The van der Waals surface area contributed by atoms with E-state index < -0.39 is 0 Å². The van der Waals surface area contributed by atoms with Crippen molar-refractivity contribution in [1.29, 1.82) is 0 Å². The number of nitrogens with one attached hydrogen (secondary N) is 1. The molecule has 7 heteroatoms. The molecule has 0 saturated carbocycles. The van der Waals surface area contributed by atoms with Crippen molar-refractivity contribution in [3.63, 3.8) is 0 Å². The summed E-state index contributed by atoms with van der Waals surface area (Å²) in [6, 6.07) is 15.5. The number of urea groups is 1. The van der Waals surface area contributed by atoms with E-state index in [9.17, 15) is 4.79 Å². The van der Waals surface area contributed by atoms with Gasteiger partial charge in [-0.1, -0.05) is 35.0 Å². The van der Waals surface area contributed by atoms with Crippen molar-refractivity contribution in [2.24, 2.45) is 0 Å². The van der Waals surface area contributed by atoms with E-state index in [-0.39, 0.29) is 12.1 Å². The Morgan fingerprint density at radius 3 is 2.93 bits per heavy atom. The number of aromatic nitrogens is 2. The number of likely N-dealkylation sites (tertiary alicyclic amines) is 1. The topological polar surface area (TPSA) is 71.3 Å². The largest absolute Gasteiger partial charge is 0.337 e. The van der Waals surface area contributed by atoms with Crippen molar-refractivity contribution < 1.29 is 9.32 Å². The van der Waals surface area contributed by atoms with Crippen molar-refractivity contribution in [3.8, 4) is 11.4 Å². The Balaban J connectivity index is 1.51. The van der Waals surface area contributed by atoms with Crippen molar-refractivity contribution in [2.45, 2.75) is 30.7 Å². The van der Waals surface area contributed by atoms with E-state index >= 15 is 0 Å². The molecule has 3 aromatic rings. The van der Waals surface area contributed by atoms with E-state index in [1.54, 1.807) is 16.7 Å². The molecule has 0 unspecified atom stereocenters. The Kier molecular flexibility index (Phi) is 5.34. The predicted molar refractivity (Wildman–Crippen MR) is 110 cm³/mol. The highest BCUT2D eigenvalue weighted by Gasteiger charge is 2.34. The lowest BCUT2D eigenvalue weighted by Gasteiger charge is -2.22. The van der Waals surface area contributed by atoms with Gasteiger partial charge in [0, 0.05) is 22.7 Å². The Morgan fingerprint density at radius 1 is 1.25 bits per heavy atom. The summed E-state index contributed by atoms with van der Waals surface area (Å²) in [4.78, 5) is 20.3. The summed E-state index contributed by atoms with van der Waals surface area (Å²) in [6.07, 6.45) is 3.73. The molecule has 4 rings (SSSR count). The lowest BCUT2D eigenvalue weighted by Crippen LogP contribution is -2.34. The van der Waals surface area contributed by atoms with Gasteiger partial charge in [-0.05, 0) is 50.3 Å². The van der Waals surface area contributed by atoms with Gasteiger partial charge in [0.15, 0.2) is 0 Å². The second-order valence-electron chi connectivity index (χ2n) is 6.84. The number of aryl methyl sites for hydroxylation is 1. The summed E-state index contributed by atoms with van der Waals surface area (Å²) >= 11 is 1.64. The Labute approximate surface area is 168 Å². The second-order valence-corrected chi connectivity index (χ2v) is 7.72. The Hall–Kier alpha value is -2.80. The van der Waals surface area contributed by atoms with Gasteiger partial charge in [0.05, 0.1) is 0 Å². The summed E-state index contributed by atoms with van der Waals surface area (Å²) in [5.41, 5.74) is 2.84. The third-order valence-electron chi connectivity index (χ3n) is 4.84. The summed E-state index contributed by atoms with van der Waals surface area (Å²) in [6.45, 7) is 2.69. The maximum Gasteiger partial charge on any atom is 0.322 e. The van der Waals surface area contributed by atoms with Crippen LogP contribution in [-0.4, -0.2) is 33.9 Å². The molecule has 1 aliphatic heterocycles. The third-order valence-corrected chi connectivity index (χ3v) is 5.56. The number of hydrogen-bond acceptors (Lipinski definition) is 5. The Morgan fingerprint density at radius 2 is 2.11 bits per heavy atom. The van der Waals surface area contributed by atoms with Crippen LogP contribution in [0.15, 0.2) is 57.9 Å². The highest BCUT2D eigenvalue weighted by Crippen LogP contribution is 2.33. The average Bonchev–Trinajstić information content (AvgIpc) is 3.37. The number of anilines is 1. The van der Waals surface area contributed by atoms with Crippen LogP contribution in [0.1, 0.15) is 30.3 Å². The van der Waals surface area contributed by atoms with E-state index in [0.717, 1.165) is 34.6 Å². The van der Waals surface area contributed by atoms with Gasteiger partial charge in [0.25, 0.3) is 0 Å². The first kappa shape index (κ1) is 18.6. The molecule has 0 radical (unpaired) electrons. The quantitative estimate of drug-likeness (QED) is 0.621. The minimum Gasteiger partial charge on any atom is -0.337 e. The van der Waals surface area contributed by atoms with Crippen LogP contribution in [-0.2, 0) is 0 Å². The van der Waals surface area contributed by atoms with Crippen LogP contribution in [0.5, 0.6) is 0 Å². The van der Waals surface area contributed by atoms with Gasteiger partial charge >= 0.3 is 6.03 Å². The highest BCUT2D eigenvalue weighted by molar-refractivity contribution is 7.98. The number of carbonyl (C=O) groups excluding carboxylic acids is 1. The molecule has 1 aromatic heterocycles. The zero-order valence-electron chi connectivity index (χ0n) is 15.9. The van der Waals surface area contributed by atoms with Gasteiger partial charge in [-0.2, -0.15) is 4.98 Å². The molecule has 2 amide bonds. The molecular weight excluding hydrogens is 372 g/mol. The molecule has 0 spiro atoms. The first-order chi connectivity index (χ1) is 13.6. The highest BCUT2D eigenvalue weighted by atomic mass is 32.2. The van der Waals surface area contributed by atoms with Gasteiger partial charge in [0.1, 0.15) is 6.04 Å². The van der Waals surface area contributed by atoms with Gasteiger partial charge in [-0.25, -0.2) is 4.79 Å². The van der Waals surface area contributed by atoms with E-state index in [2.05, 4.69) is 15.5 Å². The minimum absolute atomic E-state index is 0.143. The average molecular weight is 395 g/mol. The van der Waals surface area contributed by atoms with Gasteiger partial charge < -0.3 is 14.7 Å². The third kappa shape index (κ3) is 3.89. The molecule has 28 heavy (non-hydrogen) atoms. The first-order valence-electron chi connectivity index (χ1n) is 9.26. The van der Waals surface area contributed by atoms with Crippen molar-refractivity contribution >= 4 is 23.5 Å². The van der Waals surface area contributed by atoms with Crippen LogP contribution in [0.2, 0.25) is 0 Å². The molecule has 144 valence electrons. The van der Waals surface area contributed by atoms with Crippen LogP contribution in [0.25, 0.3) is 11.4 Å². The molecule has 1 saturated heterocycles. The van der Waals surface area contributed by atoms with Gasteiger partial charge in [-0.3, -0.25) is 0 Å². The molecule has 0 bridgehead atoms. The number of nitrogens with zero attached hydrogens (tertiary/aromatic N) is 3. The molecule has 1 fully saturated rings. The lowest BCUT2D eigenvalue weighted by atomic mass is 10.1. The minimum atomic E-state index is -0.199. The van der Waals surface area contributed by atoms with E-state index in [1.165, 1.54) is 0 Å². The molecule has 1 N–H and O–H groups in total. The monoisotopic (exact) mass is 394 g/mol. The van der Waals surface area contributed by atoms with E-state index in [4.69, 9.17) is 4.52 Å². The fourth-order valence-electron chi connectivity index (χ4n) is 3.43. The molecule has 2 aromatic carbocycles. The standard InChI is InChI=1S/C21H22N4O2S/c1-14-6-3-7-15(12-14)19-23-20(27-24-19)18-10-5-11-25(18)21(26)22-16-8-4-9-17(13-16)28-2/h3-4,6-9,12-13,18H,5,10-11H2,1-2H3,(H,22,26)/t18-/m1/s1. The number of carbonyl (C=O) groups is 1. The molecular formula is C21H22N4O2S. The maximum absolute atomic E-state index is 12.8. The van der Waals surface area contributed by atoms with Crippen LogP contribution >= 0.6 is 11.8 Å². The molecule has 1 aliphatic rings. The van der Waals surface area contributed by atoms with Crippen LogP contribution in [0.4, 0.5) is 10.5 Å². The van der Waals surface area contributed by atoms with Crippen LogP contribution in [0.3, 0.4) is 0 Å². The fourth-order valence-corrected chi connectivity index (χ4v) is 3.89. The van der Waals surface area contributed by atoms with Gasteiger partial charge in [0.2, 0.25) is 11.7 Å². The molecule has 6 nitrogen and oxygen atoms in total. The Bertz CT molecular complexity index is 988. The summed E-state index contributed by atoms with van der Waals surface area (Å²) < 4.78 is 5.52. The van der Waals surface area contributed by atoms with Crippen molar-refractivity contribution in [2.75, 3.05) is 18.1 Å². The molecule has 0 aliphatic carbocycles. The number of hydrogen-bond donors (Lipinski definition) is 1. The smallest absolute Gasteiger partial charge is 0.322 e. The number of thioether (sulfide) groups is 1. The fraction of sp³-hybridized carbons (Fsp3) is 0.286. The summed E-state index contributed by atoms with van der Waals surface area (Å²) in [5, 5.41) is 7.11. The first-order valence-corrected chi connectivity index (χ1v) is 10.5. The lowest BCUT2D eigenvalue weighted by molar-refractivity contribution is 0.193. The summed E-state index contributed by atoms with van der Waals surface area (Å²) in [5.74, 6) is 1.04. The van der Waals surface area contributed by atoms with Gasteiger partial charge in [-0.15, -0.1) is 11.8 Å². The molecule has 2 heterocycles. The zero-order valence-corrected chi connectivity index (χ0v) is 16.7. The molecule has 1 atom stereocenters. The van der Waals surface area contributed by atoms with Crippen molar-refractivity contribution in [3.05, 3.63) is 60.0 Å². The van der Waals surface area contributed by atoms with Crippen molar-refractivity contribution in [1.82, 2.24) is 15.0 Å². The maximum atomic E-state index is 12.8. The summed E-state index contributed by atoms with van der Waals surface area (Å²) in [7, 11) is 0. The van der Waals surface area contributed by atoms with Crippen LogP contribution in [0, 0.1) is 6.92 Å². The van der Waals surface area contributed by atoms with E-state index in [0.29, 0.717) is 18.3 Å². The second kappa shape index (κ2) is 8.06. The number of rotatable bonds is 4. The zero-order chi connectivity index (χ0) is 19.5. The van der Waals surface area contributed by atoms with Crippen LogP contribution < -0.4 is 5.32 Å². The number of benzene rings is 2.